The fourth-order valence-electron chi connectivity index (χ4n) is 2.70. The van der Waals surface area contributed by atoms with Crippen LogP contribution < -0.4 is 10.3 Å². The number of rotatable bonds is 8. The number of nitrogens with one attached hydrogen (secondary N) is 2. The first-order chi connectivity index (χ1) is 13.2. The number of H-pyrrole nitrogens is 1. The molecule has 0 atom stereocenters. The van der Waals surface area contributed by atoms with E-state index in [1.54, 1.807) is 6.21 Å². The molecule has 7 heteroatoms. The van der Waals surface area contributed by atoms with Gasteiger partial charge in [0.05, 0.1) is 23.0 Å². The third-order valence-corrected chi connectivity index (χ3v) is 5.01. The third kappa shape index (κ3) is 5.10. The summed E-state index contributed by atoms with van der Waals surface area (Å²) in [7, 11) is 0. The molecule has 2 N–H and O–H groups in total. The number of aromatic nitrogens is 2. The highest BCUT2D eigenvalue weighted by Crippen LogP contribution is 2.18. The molecule has 0 fully saturated rings. The number of carbonyl (C=O) groups is 1. The highest BCUT2D eigenvalue weighted by molar-refractivity contribution is 7.99. The monoisotopic (exact) mass is 381 g/mol. The van der Waals surface area contributed by atoms with Gasteiger partial charge in [-0.1, -0.05) is 36.0 Å². The summed E-state index contributed by atoms with van der Waals surface area (Å²) in [5.41, 5.74) is 6.54. The van der Waals surface area contributed by atoms with Crippen LogP contribution in [0.5, 0.6) is 0 Å². The number of hydrazone groups is 1. The van der Waals surface area contributed by atoms with E-state index in [1.165, 1.54) is 17.4 Å². The molecule has 0 spiro atoms. The van der Waals surface area contributed by atoms with Gasteiger partial charge in [0.25, 0.3) is 5.91 Å². The fourth-order valence-corrected chi connectivity index (χ4v) is 3.38. The minimum Gasteiger partial charge on any atom is -0.372 e. The maximum atomic E-state index is 11.9. The number of benzene rings is 2. The number of para-hydroxylation sites is 2. The first-order valence-corrected chi connectivity index (χ1v) is 9.92. The Morgan fingerprint density at radius 1 is 1.19 bits per heavy atom. The Bertz CT molecular complexity index is 883. The second kappa shape index (κ2) is 9.23. The molecule has 0 bridgehead atoms. The van der Waals surface area contributed by atoms with E-state index in [1.807, 2.05) is 36.4 Å². The summed E-state index contributed by atoms with van der Waals surface area (Å²) in [5, 5.41) is 4.75. The molecular weight excluding hydrogens is 358 g/mol. The Labute approximate surface area is 163 Å². The van der Waals surface area contributed by atoms with Gasteiger partial charge in [-0.05, 0) is 43.7 Å². The number of amides is 1. The van der Waals surface area contributed by atoms with Gasteiger partial charge in [-0.2, -0.15) is 5.10 Å². The molecule has 1 amide bonds. The molecule has 3 rings (SSSR count). The van der Waals surface area contributed by atoms with Gasteiger partial charge in [0.2, 0.25) is 0 Å². The van der Waals surface area contributed by atoms with Crippen LogP contribution in [-0.4, -0.2) is 40.9 Å². The second-order valence-electron chi connectivity index (χ2n) is 5.90. The number of thioether (sulfide) groups is 1. The van der Waals surface area contributed by atoms with E-state index in [0.29, 0.717) is 0 Å². The van der Waals surface area contributed by atoms with Crippen LogP contribution in [0, 0.1) is 0 Å². The van der Waals surface area contributed by atoms with E-state index in [9.17, 15) is 4.79 Å². The van der Waals surface area contributed by atoms with Crippen LogP contribution in [0.3, 0.4) is 0 Å². The Balaban J connectivity index is 1.48. The number of hydrogen-bond donors (Lipinski definition) is 2. The van der Waals surface area contributed by atoms with Crippen molar-refractivity contribution in [2.75, 3.05) is 23.7 Å². The maximum absolute atomic E-state index is 11.9. The van der Waals surface area contributed by atoms with Crippen LogP contribution in [0.1, 0.15) is 19.4 Å². The predicted octanol–water partition coefficient (Wildman–Crippen LogP) is 3.65. The molecule has 0 radical (unpaired) electrons. The predicted molar refractivity (Wildman–Crippen MR) is 113 cm³/mol. The summed E-state index contributed by atoms with van der Waals surface area (Å²) in [6.45, 7) is 6.22. The van der Waals surface area contributed by atoms with Crippen LogP contribution in [0.25, 0.3) is 11.0 Å². The molecule has 3 aromatic rings. The number of anilines is 1. The number of aromatic amines is 1. The van der Waals surface area contributed by atoms with Gasteiger partial charge in [0.1, 0.15) is 0 Å². The maximum Gasteiger partial charge on any atom is 0.250 e. The topological polar surface area (TPSA) is 73.4 Å². The van der Waals surface area contributed by atoms with E-state index < -0.39 is 0 Å². The van der Waals surface area contributed by atoms with Crippen LogP contribution in [0.15, 0.2) is 58.8 Å². The highest BCUT2D eigenvalue weighted by Gasteiger charge is 2.06. The number of fused-ring (bicyclic) bond motifs is 1. The first kappa shape index (κ1) is 19.0. The lowest BCUT2D eigenvalue weighted by Gasteiger charge is -2.20. The molecule has 0 aliphatic rings. The van der Waals surface area contributed by atoms with Crippen molar-refractivity contribution >= 4 is 40.6 Å². The van der Waals surface area contributed by atoms with Gasteiger partial charge < -0.3 is 9.88 Å². The lowest BCUT2D eigenvalue weighted by atomic mass is 10.2. The quantitative estimate of drug-likeness (QED) is 0.355. The zero-order chi connectivity index (χ0) is 19.1. The van der Waals surface area contributed by atoms with Crippen molar-refractivity contribution in [3.8, 4) is 0 Å². The largest absolute Gasteiger partial charge is 0.372 e. The Morgan fingerprint density at radius 2 is 1.93 bits per heavy atom. The normalized spacial score (nSPS) is 11.2. The highest BCUT2D eigenvalue weighted by atomic mass is 32.2. The van der Waals surface area contributed by atoms with Gasteiger partial charge >= 0.3 is 0 Å². The molecule has 140 valence electrons. The second-order valence-corrected chi connectivity index (χ2v) is 6.87. The third-order valence-electron chi connectivity index (χ3n) is 4.13. The van der Waals surface area contributed by atoms with Gasteiger partial charge in [-0.15, -0.1) is 0 Å². The van der Waals surface area contributed by atoms with Gasteiger partial charge in [-0.25, -0.2) is 10.4 Å². The minimum absolute atomic E-state index is 0.170. The van der Waals surface area contributed by atoms with Gasteiger partial charge in [0.15, 0.2) is 5.16 Å². The van der Waals surface area contributed by atoms with Crippen LogP contribution in [0.4, 0.5) is 5.69 Å². The first-order valence-electron chi connectivity index (χ1n) is 8.94. The zero-order valence-corrected chi connectivity index (χ0v) is 16.3. The lowest BCUT2D eigenvalue weighted by Crippen LogP contribution is -2.21. The van der Waals surface area contributed by atoms with Crippen molar-refractivity contribution < 1.29 is 4.79 Å². The molecule has 2 aromatic carbocycles. The summed E-state index contributed by atoms with van der Waals surface area (Å²) in [6, 6.07) is 15.9. The average molecular weight is 382 g/mol. The molecule has 1 aromatic heterocycles. The Kier molecular flexibility index (Phi) is 6.49. The summed E-state index contributed by atoms with van der Waals surface area (Å²) < 4.78 is 0. The van der Waals surface area contributed by atoms with E-state index in [2.05, 4.69) is 51.4 Å². The molecule has 1 heterocycles. The number of nitrogens with zero attached hydrogens (tertiary/aromatic N) is 3. The van der Waals surface area contributed by atoms with Crippen LogP contribution >= 0.6 is 11.8 Å². The summed E-state index contributed by atoms with van der Waals surface area (Å²) in [5.74, 6) is 0.0781. The molecular formula is C20H23N5OS. The molecule has 0 aliphatic heterocycles. The number of hydrogen-bond acceptors (Lipinski definition) is 5. The molecule has 0 unspecified atom stereocenters. The number of carbonyl (C=O) groups excluding carboxylic acids is 1. The summed E-state index contributed by atoms with van der Waals surface area (Å²) in [4.78, 5) is 21.8. The van der Waals surface area contributed by atoms with E-state index in [4.69, 9.17) is 0 Å². The van der Waals surface area contributed by atoms with Crippen molar-refractivity contribution in [2.45, 2.75) is 19.0 Å². The molecule has 0 aliphatic carbocycles. The Morgan fingerprint density at radius 3 is 2.63 bits per heavy atom. The Hall–Kier alpha value is -2.80. The summed E-state index contributed by atoms with van der Waals surface area (Å²) >= 11 is 1.35. The summed E-state index contributed by atoms with van der Waals surface area (Å²) in [6.07, 6.45) is 1.65. The van der Waals surface area contributed by atoms with Crippen LogP contribution in [0.2, 0.25) is 0 Å². The molecule has 27 heavy (non-hydrogen) atoms. The van der Waals surface area contributed by atoms with Crippen molar-refractivity contribution in [3.05, 3.63) is 54.1 Å². The smallest absolute Gasteiger partial charge is 0.250 e. The molecule has 0 saturated heterocycles. The van der Waals surface area contributed by atoms with Crippen molar-refractivity contribution in [2.24, 2.45) is 5.10 Å². The van der Waals surface area contributed by atoms with Gasteiger partial charge in [-0.3, -0.25) is 4.79 Å². The SMILES string of the molecule is CCN(CC)c1ccc(/C=N\NC(=O)CSc2nc3ccccc3[nH]2)cc1. The standard InChI is InChI=1S/C20H23N5OS/c1-3-25(4-2)16-11-9-15(10-12-16)13-21-24-19(26)14-27-20-22-17-7-5-6-8-18(17)23-20/h5-13H,3-4,14H2,1-2H3,(H,22,23)(H,24,26)/b21-13-. The van der Waals surface area contributed by atoms with E-state index in [0.717, 1.165) is 34.8 Å². The van der Waals surface area contributed by atoms with Gasteiger partial charge in [0, 0.05) is 18.8 Å². The van der Waals surface area contributed by atoms with Crippen molar-refractivity contribution in [3.63, 3.8) is 0 Å². The van der Waals surface area contributed by atoms with E-state index in [-0.39, 0.29) is 11.7 Å². The molecule has 6 nitrogen and oxygen atoms in total. The zero-order valence-electron chi connectivity index (χ0n) is 15.5. The average Bonchev–Trinajstić information content (AvgIpc) is 3.11. The molecule has 0 saturated carbocycles. The van der Waals surface area contributed by atoms with Crippen molar-refractivity contribution in [1.29, 1.82) is 0 Å². The lowest BCUT2D eigenvalue weighted by molar-refractivity contribution is -0.118. The fraction of sp³-hybridized carbons (Fsp3) is 0.250. The van der Waals surface area contributed by atoms with Crippen molar-refractivity contribution in [1.82, 2.24) is 15.4 Å². The number of imidazole rings is 1. The van der Waals surface area contributed by atoms with Crippen LogP contribution in [-0.2, 0) is 4.79 Å². The minimum atomic E-state index is -0.170. The van der Waals surface area contributed by atoms with E-state index >= 15 is 0 Å².